The zero-order chi connectivity index (χ0) is 27.1. The third-order valence-electron chi connectivity index (χ3n) is 7.34. The van der Waals surface area contributed by atoms with Crippen molar-refractivity contribution >= 4 is 23.4 Å². The summed E-state index contributed by atoms with van der Waals surface area (Å²) in [6.45, 7) is 5.77. The van der Waals surface area contributed by atoms with E-state index in [1.807, 2.05) is 68.3 Å². The van der Waals surface area contributed by atoms with E-state index in [9.17, 15) is 9.59 Å². The van der Waals surface area contributed by atoms with Crippen molar-refractivity contribution in [3.05, 3.63) is 82.2 Å². The number of ether oxygens (including phenoxy) is 1. The summed E-state index contributed by atoms with van der Waals surface area (Å²) in [7, 11) is 1.83. The minimum Gasteiger partial charge on any atom is -0.493 e. The maximum absolute atomic E-state index is 13.4. The minimum absolute atomic E-state index is 0.0357. The van der Waals surface area contributed by atoms with Crippen LogP contribution in [0.15, 0.2) is 59.1 Å². The largest absolute Gasteiger partial charge is 0.493 e. The number of carbonyl (C=O) groups excluding carboxylic acids is 2. The predicted molar refractivity (Wildman–Crippen MR) is 147 cm³/mol. The molecule has 0 radical (unpaired) electrons. The Bertz CT molecular complexity index is 1230. The van der Waals surface area contributed by atoms with Crippen molar-refractivity contribution in [3.63, 3.8) is 0 Å². The van der Waals surface area contributed by atoms with Crippen LogP contribution in [0.3, 0.4) is 0 Å². The molecule has 2 heterocycles. The first-order valence-electron chi connectivity index (χ1n) is 13.1. The fourth-order valence-corrected chi connectivity index (χ4v) is 5.36. The van der Waals surface area contributed by atoms with Crippen molar-refractivity contribution in [2.24, 2.45) is 5.41 Å². The van der Waals surface area contributed by atoms with Gasteiger partial charge in [-0.15, -0.1) is 0 Å². The molecule has 202 valence electrons. The highest BCUT2D eigenvalue weighted by atomic mass is 35.5. The van der Waals surface area contributed by atoms with Crippen molar-refractivity contribution in [2.45, 2.75) is 52.5 Å². The van der Waals surface area contributed by atoms with Gasteiger partial charge in [-0.2, -0.15) is 0 Å². The number of carbonyl (C=O) groups is 2. The summed E-state index contributed by atoms with van der Waals surface area (Å²) >= 11 is 6.16. The highest BCUT2D eigenvalue weighted by Crippen LogP contribution is 2.36. The summed E-state index contributed by atoms with van der Waals surface area (Å²) in [6.07, 6.45) is 2.86. The lowest BCUT2D eigenvalue weighted by Crippen LogP contribution is -2.50. The van der Waals surface area contributed by atoms with Crippen LogP contribution in [0.4, 0.5) is 0 Å². The molecule has 0 unspecified atom stereocenters. The van der Waals surface area contributed by atoms with E-state index in [4.69, 9.17) is 20.9 Å². The maximum Gasteiger partial charge on any atom is 0.223 e. The van der Waals surface area contributed by atoms with Gasteiger partial charge in [0, 0.05) is 55.5 Å². The van der Waals surface area contributed by atoms with Crippen molar-refractivity contribution in [2.75, 3.05) is 26.7 Å². The third kappa shape index (κ3) is 7.16. The molecule has 8 heteroatoms. The van der Waals surface area contributed by atoms with E-state index in [1.54, 1.807) is 17.0 Å². The van der Waals surface area contributed by atoms with E-state index >= 15 is 0 Å². The predicted octanol–water partition coefficient (Wildman–Crippen LogP) is 5.61. The SMILES string of the molecule is Cc1noc(C)c1CCC(=O)N1CCC[C@](COc2cccc(Cl)c2)(CC(=O)N(C)Cc2ccccc2)C1. The highest BCUT2D eigenvalue weighted by Gasteiger charge is 2.40. The van der Waals surface area contributed by atoms with E-state index in [1.165, 1.54) is 0 Å². The van der Waals surface area contributed by atoms with E-state index in [0.29, 0.717) is 56.3 Å². The molecule has 7 nitrogen and oxygen atoms in total. The van der Waals surface area contributed by atoms with Gasteiger partial charge >= 0.3 is 0 Å². The molecule has 2 aromatic carbocycles. The van der Waals surface area contributed by atoms with E-state index in [-0.39, 0.29) is 11.8 Å². The van der Waals surface area contributed by atoms with Crippen molar-refractivity contribution < 1.29 is 18.8 Å². The summed E-state index contributed by atoms with van der Waals surface area (Å²) in [6, 6.07) is 17.2. The number of hydrogen-bond donors (Lipinski definition) is 0. The summed E-state index contributed by atoms with van der Waals surface area (Å²) in [5, 5.41) is 4.59. The molecule has 0 aliphatic carbocycles. The number of likely N-dealkylation sites (tertiary alicyclic amines) is 1. The van der Waals surface area contributed by atoms with Gasteiger partial charge in [0.15, 0.2) is 0 Å². The Hall–Kier alpha value is -3.32. The molecule has 0 N–H and O–H groups in total. The Labute approximate surface area is 229 Å². The van der Waals surface area contributed by atoms with Crippen molar-refractivity contribution in [1.29, 1.82) is 0 Å². The number of nitrogens with zero attached hydrogens (tertiary/aromatic N) is 3. The quantitative estimate of drug-likeness (QED) is 0.336. The molecule has 0 bridgehead atoms. The highest BCUT2D eigenvalue weighted by molar-refractivity contribution is 6.30. The van der Waals surface area contributed by atoms with Gasteiger partial charge in [-0.05, 0) is 56.9 Å². The van der Waals surface area contributed by atoms with Crippen LogP contribution in [0.2, 0.25) is 5.02 Å². The average molecular weight is 538 g/mol. The zero-order valence-electron chi connectivity index (χ0n) is 22.4. The van der Waals surface area contributed by atoms with Gasteiger partial charge < -0.3 is 19.1 Å². The molecule has 1 fully saturated rings. The number of piperidine rings is 1. The van der Waals surface area contributed by atoms with Crippen LogP contribution in [0.1, 0.15) is 48.3 Å². The Morgan fingerprint density at radius 2 is 1.95 bits per heavy atom. The van der Waals surface area contributed by atoms with Crippen molar-refractivity contribution in [3.8, 4) is 5.75 Å². The van der Waals surface area contributed by atoms with Crippen LogP contribution in [-0.4, -0.2) is 53.5 Å². The second kappa shape index (κ2) is 12.5. The first-order valence-corrected chi connectivity index (χ1v) is 13.5. The molecule has 1 aliphatic rings. The first-order chi connectivity index (χ1) is 18.2. The van der Waals surface area contributed by atoms with Crippen LogP contribution in [-0.2, 0) is 22.6 Å². The molecule has 0 saturated carbocycles. The number of halogens is 1. The van der Waals surface area contributed by atoms with Gasteiger partial charge in [0.25, 0.3) is 0 Å². The molecule has 4 rings (SSSR count). The van der Waals surface area contributed by atoms with E-state index in [2.05, 4.69) is 5.16 Å². The fraction of sp³-hybridized carbons (Fsp3) is 0.433. The number of aryl methyl sites for hydroxylation is 2. The molecule has 1 aliphatic heterocycles. The second-order valence-electron chi connectivity index (χ2n) is 10.4. The molecular weight excluding hydrogens is 502 g/mol. The van der Waals surface area contributed by atoms with Crippen LogP contribution in [0.25, 0.3) is 0 Å². The normalized spacial score (nSPS) is 17.3. The van der Waals surface area contributed by atoms with Gasteiger partial charge in [0.1, 0.15) is 11.5 Å². The maximum atomic E-state index is 13.4. The first kappa shape index (κ1) is 27.7. The molecular formula is C30H36ClN3O4. The molecule has 1 aromatic heterocycles. The monoisotopic (exact) mass is 537 g/mol. The fourth-order valence-electron chi connectivity index (χ4n) is 5.18. The van der Waals surface area contributed by atoms with Crippen molar-refractivity contribution in [1.82, 2.24) is 15.0 Å². The summed E-state index contributed by atoms with van der Waals surface area (Å²) in [5.74, 6) is 1.52. The summed E-state index contributed by atoms with van der Waals surface area (Å²) < 4.78 is 11.4. The number of amides is 2. The Kier molecular flexibility index (Phi) is 9.10. The molecule has 3 aromatic rings. The third-order valence-corrected chi connectivity index (χ3v) is 7.57. The zero-order valence-corrected chi connectivity index (χ0v) is 23.2. The van der Waals surface area contributed by atoms with Gasteiger partial charge in [-0.1, -0.05) is 53.2 Å². The van der Waals surface area contributed by atoms with Gasteiger partial charge in [0.05, 0.1) is 12.3 Å². The van der Waals surface area contributed by atoms with E-state index in [0.717, 1.165) is 35.4 Å². The molecule has 1 atom stereocenters. The molecule has 0 spiro atoms. The van der Waals surface area contributed by atoms with E-state index < -0.39 is 5.41 Å². The summed E-state index contributed by atoms with van der Waals surface area (Å²) in [5.41, 5.74) is 2.39. The standard InChI is InChI=1S/C30H36ClN3O4/c1-22-27(23(2)38-32-22)13-14-28(35)34-16-8-15-30(20-34,21-37-26-12-7-11-25(31)17-26)18-29(36)33(3)19-24-9-5-4-6-10-24/h4-7,9-12,17H,8,13-16,18-21H2,1-3H3/t30-/m0/s1. The lowest BCUT2D eigenvalue weighted by atomic mass is 9.77. The smallest absolute Gasteiger partial charge is 0.223 e. The number of benzene rings is 2. The Morgan fingerprint density at radius 1 is 1.16 bits per heavy atom. The minimum atomic E-state index is -0.499. The Morgan fingerprint density at radius 3 is 2.66 bits per heavy atom. The lowest BCUT2D eigenvalue weighted by molar-refractivity contribution is -0.141. The van der Waals surface area contributed by atoms with Crippen LogP contribution in [0, 0.1) is 19.3 Å². The van der Waals surface area contributed by atoms with Crippen LogP contribution in [0.5, 0.6) is 5.75 Å². The Balaban J connectivity index is 1.47. The lowest BCUT2D eigenvalue weighted by Gasteiger charge is -2.43. The average Bonchev–Trinajstić information content (AvgIpc) is 3.23. The molecule has 1 saturated heterocycles. The van der Waals surface area contributed by atoms with Gasteiger partial charge in [-0.3, -0.25) is 9.59 Å². The molecule has 38 heavy (non-hydrogen) atoms. The van der Waals surface area contributed by atoms with Gasteiger partial charge in [-0.25, -0.2) is 0 Å². The second-order valence-corrected chi connectivity index (χ2v) is 10.8. The number of hydrogen-bond acceptors (Lipinski definition) is 5. The molecule has 2 amide bonds. The number of rotatable bonds is 10. The van der Waals surface area contributed by atoms with Gasteiger partial charge in [0.2, 0.25) is 11.8 Å². The van der Waals surface area contributed by atoms with Crippen LogP contribution < -0.4 is 4.74 Å². The summed E-state index contributed by atoms with van der Waals surface area (Å²) in [4.78, 5) is 30.4. The van der Waals surface area contributed by atoms with Crippen LogP contribution >= 0.6 is 11.6 Å². The topological polar surface area (TPSA) is 75.9 Å². The number of aromatic nitrogens is 1.